The van der Waals surface area contributed by atoms with E-state index in [0.717, 1.165) is 28.1 Å². The maximum atomic E-state index is 14.6. The number of non-ortho nitro benzene ring substituents is 1. The summed E-state index contributed by atoms with van der Waals surface area (Å²) in [6.07, 6.45) is 1.85. The van der Waals surface area contributed by atoms with Gasteiger partial charge in [0.1, 0.15) is 0 Å². The van der Waals surface area contributed by atoms with Crippen molar-refractivity contribution in [2.45, 2.75) is 19.9 Å². The molecule has 0 unspecified atom stereocenters. The molecule has 6 aromatic rings. The number of carbonyl (C=O) groups excluding carboxylic acids is 1. The third-order valence-electron chi connectivity index (χ3n) is 8.98. The van der Waals surface area contributed by atoms with Gasteiger partial charge in [-0.1, -0.05) is 78.1 Å². The Morgan fingerprint density at radius 3 is 2.35 bits per heavy atom. The zero-order valence-corrected chi connectivity index (χ0v) is 28.8. The van der Waals surface area contributed by atoms with Crippen LogP contribution in [0.4, 0.5) is 5.69 Å². The van der Waals surface area contributed by atoms with Gasteiger partial charge in [0.05, 0.1) is 44.8 Å². The lowest BCUT2D eigenvalue weighted by Gasteiger charge is -2.24. The average molecular weight is 711 g/mol. The zero-order valence-electron chi connectivity index (χ0n) is 28.0. The smallest absolute Gasteiger partial charge is 0.338 e. The van der Waals surface area contributed by atoms with Crippen LogP contribution in [0.5, 0.6) is 11.5 Å². The summed E-state index contributed by atoms with van der Waals surface area (Å²) in [4.78, 5) is 44.4. The van der Waals surface area contributed by atoms with E-state index in [0.29, 0.717) is 37.8 Å². The van der Waals surface area contributed by atoms with Gasteiger partial charge in [0, 0.05) is 23.4 Å². The number of nitrogens with zero attached hydrogens (tertiary/aromatic N) is 4. The predicted octanol–water partition coefficient (Wildman–Crippen LogP) is 6.56. The highest BCUT2D eigenvalue weighted by atomic mass is 32.1. The van der Waals surface area contributed by atoms with Crippen LogP contribution < -0.4 is 24.4 Å². The first-order valence-corrected chi connectivity index (χ1v) is 17.3. The normalized spacial score (nSPS) is 15.0. The van der Waals surface area contributed by atoms with Crippen LogP contribution >= 0.6 is 11.3 Å². The van der Waals surface area contributed by atoms with Crippen LogP contribution in [0.25, 0.3) is 34.3 Å². The minimum Gasteiger partial charge on any atom is -0.463 e. The Morgan fingerprint density at radius 1 is 0.962 bits per heavy atom. The number of nitro benzene ring substituents is 1. The Balaban J connectivity index is 1.38. The van der Waals surface area contributed by atoms with Gasteiger partial charge in [-0.3, -0.25) is 19.5 Å². The number of thiazole rings is 1. The summed E-state index contributed by atoms with van der Waals surface area (Å²) in [6, 6.07) is 32.6. The number of rotatable bonds is 8. The van der Waals surface area contributed by atoms with E-state index in [2.05, 4.69) is 4.57 Å². The highest BCUT2D eigenvalue weighted by Crippen LogP contribution is 2.39. The number of aromatic nitrogens is 2. The molecule has 2 aromatic heterocycles. The average Bonchev–Trinajstić information content (AvgIpc) is 3.87. The van der Waals surface area contributed by atoms with Gasteiger partial charge in [-0.05, 0) is 66.9 Å². The van der Waals surface area contributed by atoms with E-state index in [9.17, 15) is 19.7 Å². The predicted molar refractivity (Wildman–Crippen MR) is 196 cm³/mol. The number of ether oxygens (including phenoxy) is 3. The van der Waals surface area contributed by atoms with Gasteiger partial charge in [-0.25, -0.2) is 9.79 Å². The largest absolute Gasteiger partial charge is 0.463 e. The van der Waals surface area contributed by atoms with Crippen molar-refractivity contribution in [3.05, 3.63) is 161 Å². The van der Waals surface area contributed by atoms with Crippen molar-refractivity contribution in [3.63, 3.8) is 0 Å². The van der Waals surface area contributed by atoms with Crippen LogP contribution in [0.15, 0.2) is 130 Å². The minimum atomic E-state index is -0.829. The summed E-state index contributed by atoms with van der Waals surface area (Å²) in [6.45, 7) is 3.71. The highest BCUT2D eigenvalue weighted by molar-refractivity contribution is 7.07. The second-order valence-corrected chi connectivity index (χ2v) is 13.1. The molecule has 52 heavy (non-hydrogen) atoms. The number of benzene rings is 4. The van der Waals surface area contributed by atoms with Gasteiger partial charge in [0.15, 0.2) is 16.3 Å². The zero-order chi connectivity index (χ0) is 35.9. The summed E-state index contributed by atoms with van der Waals surface area (Å²) in [5, 5.41) is 11.5. The molecule has 0 saturated heterocycles. The first kappa shape index (κ1) is 32.7. The standard InChI is InChI=1S/C40H30N4O7S/c1-3-49-39(46)35-24(2)41-40-43(37(35)27-14-19-32-33(21-27)51-23-50-32)38(45)34(52-40)22-28-20-31(25-10-6-4-7-11-25)42(36(28)26-12-8-5-9-13-26)29-15-17-30(18-16-29)44(47)48/h4-22,37H,3,23H2,1-2H3/b34-22-/t37-/m1/s1. The molecule has 1 atom stereocenters. The van der Waals surface area contributed by atoms with Gasteiger partial charge >= 0.3 is 5.97 Å². The van der Waals surface area contributed by atoms with E-state index >= 15 is 0 Å². The first-order valence-electron chi connectivity index (χ1n) is 16.5. The van der Waals surface area contributed by atoms with Crippen LogP contribution in [0.1, 0.15) is 31.0 Å². The second-order valence-electron chi connectivity index (χ2n) is 12.1. The molecule has 11 nitrogen and oxygen atoms in total. The van der Waals surface area contributed by atoms with E-state index in [1.807, 2.05) is 78.9 Å². The summed E-state index contributed by atoms with van der Waals surface area (Å²) >= 11 is 1.23. The SMILES string of the molecule is CCOC(=O)C1=C(C)N=c2s/c(=C\c3cc(-c4ccccc4)n(-c4ccc([N+](=O)[O-])cc4)c3-c3ccccc3)c(=O)n2[C@@H]1c1ccc2c(c1)OCO2. The molecule has 4 aromatic carbocycles. The molecule has 0 N–H and O–H groups in total. The molecule has 0 saturated carbocycles. The van der Waals surface area contributed by atoms with Crippen LogP contribution in [-0.4, -0.2) is 33.4 Å². The van der Waals surface area contributed by atoms with Crippen LogP contribution in [0.2, 0.25) is 0 Å². The molecular formula is C40H30N4O7S. The summed E-state index contributed by atoms with van der Waals surface area (Å²) < 4.78 is 20.7. The second kappa shape index (κ2) is 13.3. The Bertz CT molecular complexity index is 2590. The molecule has 0 radical (unpaired) electrons. The van der Waals surface area contributed by atoms with E-state index in [1.54, 1.807) is 42.7 Å². The Kier molecular flexibility index (Phi) is 8.36. The number of fused-ring (bicyclic) bond motifs is 2. The third-order valence-corrected chi connectivity index (χ3v) is 9.96. The third kappa shape index (κ3) is 5.68. The molecule has 2 aliphatic rings. The molecule has 0 amide bonds. The van der Waals surface area contributed by atoms with E-state index < -0.39 is 16.9 Å². The molecule has 2 aliphatic heterocycles. The minimum absolute atomic E-state index is 0.0192. The van der Waals surface area contributed by atoms with E-state index in [4.69, 9.17) is 19.2 Å². The van der Waals surface area contributed by atoms with Crippen molar-refractivity contribution in [1.29, 1.82) is 0 Å². The topological polar surface area (TPSA) is 127 Å². The maximum Gasteiger partial charge on any atom is 0.338 e. The number of hydrogen-bond donors (Lipinski definition) is 0. The van der Waals surface area contributed by atoms with Gasteiger partial charge in [0.25, 0.3) is 11.2 Å². The van der Waals surface area contributed by atoms with Crippen molar-refractivity contribution >= 4 is 29.1 Å². The van der Waals surface area contributed by atoms with E-state index in [-0.39, 0.29) is 30.2 Å². The molecule has 4 heterocycles. The van der Waals surface area contributed by atoms with Crippen molar-refractivity contribution in [1.82, 2.24) is 9.13 Å². The Hall–Kier alpha value is -6.53. The fourth-order valence-corrected chi connectivity index (χ4v) is 7.71. The van der Waals surface area contributed by atoms with Crippen molar-refractivity contribution in [2.24, 2.45) is 4.99 Å². The lowest BCUT2D eigenvalue weighted by Crippen LogP contribution is -2.39. The number of esters is 1. The molecular weight excluding hydrogens is 681 g/mol. The van der Waals surface area contributed by atoms with Crippen molar-refractivity contribution < 1.29 is 23.9 Å². The highest BCUT2D eigenvalue weighted by Gasteiger charge is 2.34. The fourth-order valence-electron chi connectivity index (χ4n) is 6.68. The lowest BCUT2D eigenvalue weighted by molar-refractivity contribution is -0.384. The van der Waals surface area contributed by atoms with Crippen LogP contribution in [0.3, 0.4) is 0 Å². The van der Waals surface area contributed by atoms with Crippen molar-refractivity contribution in [3.8, 4) is 39.7 Å². The van der Waals surface area contributed by atoms with Gasteiger partial charge < -0.3 is 18.8 Å². The molecule has 0 aliphatic carbocycles. The van der Waals surface area contributed by atoms with E-state index in [1.165, 1.54) is 23.5 Å². The number of allylic oxidation sites excluding steroid dienone is 1. The quantitative estimate of drug-likeness (QED) is 0.0995. The number of nitro groups is 1. The molecule has 12 heteroatoms. The lowest BCUT2D eigenvalue weighted by atomic mass is 9.95. The maximum absolute atomic E-state index is 14.6. The molecule has 0 bridgehead atoms. The molecule has 0 fully saturated rings. The Morgan fingerprint density at radius 2 is 1.65 bits per heavy atom. The molecule has 8 rings (SSSR count). The number of hydrogen-bond acceptors (Lipinski definition) is 9. The summed E-state index contributed by atoms with van der Waals surface area (Å²) in [7, 11) is 0. The van der Waals surface area contributed by atoms with Gasteiger partial charge in [-0.2, -0.15) is 0 Å². The van der Waals surface area contributed by atoms with Crippen molar-refractivity contribution in [2.75, 3.05) is 13.4 Å². The summed E-state index contributed by atoms with van der Waals surface area (Å²) in [5.74, 6) is 0.542. The van der Waals surface area contributed by atoms with Gasteiger partial charge in [0.2, 0.25) is 6.79 Å². The fraction of sp³-hybridized carbons (Fsp3) is 0.125. The molecule has 0 spiro atoms. The molecule has 258 valence electrons. The first-order chi connectivity index (χ1) is 25.3. The monoisotopic (exact) mass is 710 g/mol. The number of carbonyl (C=O) groups is 1. The van der Waals surface area contributed by atoms with Gasteiger partial charge in [-0.15, -0.1) is 0 Å². The van der Waals surface area contributed by atoms with Crippen LogP contribution in [0, 0.1) is 10.1 Å². The van der Waals surface area contributed by atoms with Crippen LogP contribution in [-0.2, 0) is 9.53 Å². The Labute approximate surface area is 300 Å². The summed E-state index contributed by atoms with van der Waals surface area (Å²) in [5.41, 5.74) is 5.87.